The highest BCUT2D eigenvalue weighted by atomic mass is 16.7. The van der Waals surface area contributed by atoms with Crippen LogP contribution in [0.4, 0.5) is 0 Å². The highest BCUT2D eigenvalue weighted by Gasteiger charge is 2.32. The van der Waals surface area contributed by atoms with Gasteiger partial charge in [0.05, 0.1) is 19.3 Å². The van der Waals surface area contributed by atoms with Gasteiger partial charge >= 0.3 is 0 Å². The van der Waals surface area contributed by atoms with Gasteiger partial charge in [-0.05, 0) is 39.0 Å². The first-order valence-electron chi connectivity index (χ1n) is 7.68. The summed E-state index contributed by atoms with van der Waals surface area (Å²) < 4.78 is 17.5. The normalized spacial score (nSPS) is 37.7. The third-order valence-corrected chi connectivity index (χ3v) is 4.20. The van der Waals surface area contributed by atoms with E-state index in [1.165, 1.54) is 38.5 Å². The van der Waals surface area contributed by atoms with Crippen LogP contribution in [0.1, 0.15) is 52.4 Å². The lowest BCUT2D eigenvalue weighted by atomic mass is 9.86. The van der Waals surface area contributed by atoms with Crippen LogP contribution in [-0.2, 0) is 14.2 Å². The van der Waals surface area contributed by atoms with Crippen molar-refractivity contribution >= 4 is 0 Å². The lowest BCUT2D eigenvalue weighted by Crippen LogP contribution is -2.39. The largest absolute Gasteiger partial charge is 0.379 e. The fourth-order valence-electron chi connectivity index (χ4n) is 3.17. The summed E-state index contributed by atoms with van der Waals surface area (Å²) in [7, 11) is 0. The standard InChI is InChI=1S/C15H28O3/c1-3-5-12-10-17-15(18-11-12)13-6-8-14(9-7-13)16-4-2/h12-15H,3-11H2,1-2H3. The van der Waals surface area contributed by atoms with Crippen molar-refractivity contribution in [1.29, 1.82) is 0 Å². The molecule has 0 atom stereocenters. The maximum atomic E-state index is 5.91. The number of hydrogen-bond donors (Lipinski definition) is 0. The second-order valence-corrected chi connectivity index (χ2v) is 5.68. The zero-order valence-corrected chi connectivity index (χ0v) is 11.9. The van der Waals surface area contributed by atoms with E-state index in [0.29, 0.717) is 17.9 Å². The highest BCUT2D eigenvalue weighted by Crippen LogP contribution is 2.32. The third-order valence-electron chi connectivity index (χ3n) is 4.20. The molecule has 0 unspecified atom stereocenters. The Labute approximate surface area is 111 Å². The first-order chi connectivity index (χ1) is 8.83. The average molecular weight is 256 g/mol. The Morgan fingerprint density at radius 3 is 2.22 bits per heavy atom. The van der Waals surface area contributed by atoms with Gasteiger partial charge in [-0.15, -0.1) is 0 Å². The Morgan fingerprint density at radius 1 is 1.00 bits per heavy atom. The van der Waals surface area contributed by atoms with Gasteiger partial charge in [0.15, 0.2) is 6.29 Å². The van der Waals surface area contributed by atoms with Crippen molar-refractivity contribution in [3.8, 4) is 0 Å². The predicted octanol–water partition coefficient (Wildman–Crippen LogP) is 3.37. The Bertz CT molecular complexity index is 192. The minimum Gasteiger partial charge on any atom is -0.379 e. The first kappa shape index (κ1) is 14.3. The van der Waals surface area contributed by atoms with Crippen molar-refractivity contribution in [1.82, 2.24) is 0 Å². The summed E-state index contributed by atoms with van der Waals surface area (Å²) in [5.41, 5.74) is 0. The molecule has 0 radical (unpaired) electrons. The Morgan fingerprint density at radius 2 is 1.67 bits per heavy atom. The summed E-state index contributed by atoms with van der Waals surface area (Å²) in [6, 6.07) is 0. The second kappa shape index (κ2) is 7.46. The van der Waals surface area contributed by atoms with Gasteiger partial charge in [-0.25, -0.2) is 0 Å². The minimum atomic E-state index is 0.0562. The van der Waals surface area contributed by atoms with Crippen LogP contribution in [0.3, 0.4) is 0 Å². The maximum absolute atomic E-state index is 5.91. The third kappa shape index (κ3) is 3.94. The topological polar surface area (TPSA) is 27.7 Å². The van der Waals surface area contributed by atoms with E-state index in [1.807, 2.05) is 0 Å². The molecule has 0 aromatic carbocycles. The van der Waals surface area contributed by atoms with Gasteiger partial charge in [-0.1, -0.05) is 13.3 Å². The molecule has 2 fully saturated rings. The van der Waals surface area contributed by atoms with Crippen molar-refractivity contribution in [3.63, 3.8) is 0 Å². The molecule has 0 aromatic rings. The Kier molecular flexibility index (Phi) is 5.93. The number of hydrogen-bond acceptors (Lipinski definition) is 3. The molecule has 106 valence electrons. The average Bonchev–Trinajstić information content (AvgIpc) is 2.41. The van der Waals surface area contributed by atoms with Gasteiger partial charge in [0.1, 0.15) is 0 Å². The van der Waals surface area contributed by atoms with Crippen LogP contribution in [0.25, 0.3) is 0 Å². The molecule has 18 heavy (non-hydrogen) atoms. The van der Waals surface area contributed by atoms with Gasteiger partial charge in [-0.2, -0.15) is 0 Å². The van der Waals surface area contributed by atoms with Gasteiger partial charge in [0.25, 0.3) is 0 Å². The molecular weight excluding hydrogens is 228 g/mol. The van der Waals surface area contributed by atoms with E-state index in [-0.39, 0.29) is 6.29 Å². The lowest BCUT2D eigenvalue weighted by molar-refractivity contribution is -0.231. The van der Waals surface area contributed by atoms with E-state index < -0.39 is 0 Å². The van der Waals surface area contributed by atoms with E-state index in [0.717, 1.165) is 19.8 Å². The van der Waals surface area contributed by atoms with Gasteiger partial charge in [0, 0.05) is 18.4 Å². The van der Waals surface area contributed by atoms with Crippen LogP contribution in [0.5, 0.6) is 0 Å². The maximum Gasteiger partial charge on any atom is 0.160 e. The van der Waals surface area contributed by atoms with Crippen LogP contribution < -0.4 is 0 Å². The Hall–Kier alpha value is -0.120. The smallest absolute Gasteiger partial charge is 0.160 e. The van der Waals surface area contributed by atoms with Crippen molar-refractivity contribution in [2.45, 2.75) is 64.8 Å². The molecule has 1 saturated carbocycles. The minimum absolute atomic E-state index is 0.0562. The number of ether oxygens (including phenoxy) is 3. The molecule has 2 rings (SSSR count). The number of rotatable bonds is 5. The van der Waals surface area contributed by atoms with Crippen LogP contribution >= 0.6 is 0 Å². The molecule has 3 nitrogen and oxygen atoms in total. The van der Waals surface area contributed by atoms with Crippen molar-refractivity contribution in [3.05, 3.63) is 0 Å². The van der Waals surface area contributed by atoms with Crippen molar-refractivity contribution in [2.24, 2.45) is 11.8 Å². The van der Waals surface area contributed by atoms with Crippen LogP contribution in [0.2, 0.25) is 0 Å². The molecule has 1 aliphatic heterocycles. The summed E-state index contributed by atoms with van der Waals surface area (Å²) in [6.45, 7) is 6.92. The summed E-state index contributed by atoms with van der Waals surface area (Å²) in [5, 5.41) is 0. The zero-order chi connectivity index (χ0) is 12.8. The monoisotopic (exact) mass is 256 g/mol. The molecule has 3 heteroatoms. The molecule has 1 heterocycles. The molecule has 0 bridgehead atoms. The van der Waals surface area contributed by atoms with Gasteiger partial charge in [0.2, 0.25) is 0 Å². The molecule has 1 aliphatic carbocycles. The van der Waals surface area contributed by atoms with Gasteiger partial charge in [-0.3, -0.25) is 0 Å². The summed E-state index contributed by atoms with van der Waals surface area (Å²) >= 11 is 0. The lowest BCUT2D eigenvalue weighted by Gasteiger charge is -2.37. The van der Waals surface area contributed by atoms with E-state index in [2.05, 4.69) is 13.8 Å². The first-order valence-corrected chi connectivity index (χ1v) is 7.68. The summed E-state index contributed by atoms with van der Waals surface area (Å²) in [5.74, 6) is 1.20. The second-order valence-electron chi connectivity index (χ2n) is 5.68. The molecular formula is C15H28O3. The van der Waals surface area contributed by atoms with Gasteiger partial charge < -0.3 is 14.2 Å². The molecule has 2 aliphatic rings. The van der Waals surface area contributed by atoms with E-state index in [9.17, 15) is 0 Å². The predicted molar refractivity (Wildman–Crippen MR) is 71.5 cm³/mol. The van der Waals surface area contributed by atoms with Crippen LogP contribution in [0.15, 0.2) is 0 Å². The highest BCUT2D eigenvalue weighted by molar-refractivity contribution is 4.77. The molecule has 0 spiro atoms. The summed E-state index contributed by atoms with van der Waals surface area (Å²) in [4.78, 5) is 0. The fourth-order valence-corrected chi connectivity index (χ4v) is 3.17. The fraction of sp³-hybridized carbons (Fsp3) is 1.00. The quantitative estimate of drug-likeness (QED) is 0.755. The molecule has 0 aromatic heterocycles. The van der Waals surface area contributed by atoms with Crippen LogP contribution in [0, 0.1) is 11.8 Å². The van der Waals surface area contributed by atoms with Crippen molar-refractivity contribution < 1.29 is 14.2 Å². The summed E-state index contributed by atoms with van der Waals surface area (Å²) in [6.07, 6.45) is 7.69. The van der Waals surface area contributed by atoms with Crippen molar-refractivity contribution in [2.75, 3.05) is 19.8 Å². The Balaban J connectivity index is 1.68. The zero-order valence-electron chi connectivity index (χ0n) is 11.9. The molecule has 0 N–H and O–H groups in total. The van der Waals surface area contributed by atoms with Crippen LogP contribution in [-0.4, -0.2) is 32.2 Å². The molecule has 0 amide bonds. The van der Waals surface area contributed by atoms with E-state index in [1.54, 1.807) is 0 Å². The van der Waals surface area contributed by atoms with E-state index in [4.69, 9.17) is 14.2 Å². The SMILES string of the molecule is CCCC1COC(C2CCC(OCC)CC2)OC1. The molecule has 1 saturated heterocycles. The van der Waals surface area contributed by atoms with E-state index >= 15 is 0 Å².